The van der Waals surface area contributed by atoms with Crippen molar-refractivity contribution in [1.29, 1.82) is 0 Å². The summed E-state index contributed by atoms with van der Waals surface area (Å²) in [6, 6.07) is 61.0. The van der Waals surface area contributed by atoms with Gasteiger partial charge in [0, 0.05) is 10.8 Å². The highest BCUT2D eigenvalue weighted by molar-refractivity contribution is 6.23. The molecule has 0 bridgehead atoms. The van der Waals surface area contributed by atoms with Gasteiger partial charge in [-0.2, -0.15) is 0 Å². The van der Waals surface area contributed by atoms with Crippen LogP contribution in [0.2, 0.25) is 0 Å². The van der Waals surface area contributed by atoms with Crippen LogP contribution in [-0.2, 0) is 0 Å². The molecular weight excluding hydrogens is 544 g/mol. The maximum atomic E-state index is 6.31. The van der Waals surface area contributed by atoms with Crippen LogP contribution in [0.5, 0.6) is 0 Å². The summed E-state index contributed by atoms with van der Waals surface area (Å²) in [5.41, 5.74) is 11.6. The van der Waals surface area contributed by atoms with Crippen molar-refractivity contribution in [3.8, 4) is 44.5 Å². The molecule has 0 saturated heterocycles. The molecule has 0 radical (unpaired) electrons. The molecule has 1 heterocycles. The molecule has 1 heteroatoms. The Kier molecular flexibility index (Phi) is 5.89. The highest BCUT2D eigenvalue weighted by atomic mass is 16.3. The monoisotopic (exact) mass is 572 g/mol. The molecule has 210 valence electrons. The highest BCUT2D eigenvalue weighted by Gasteiger charge is 2.20. The van der Waals surface area contributed by atoms with E-state index in [-0.39, 0.29) is 0 Å². The van der Waals surface area contributed by atoms with Crippen molar-refractivity contribution in [2.45, 2.75) is 0 Å². The fourth-order valence-electron chi connectivity index (χ4n) is 7.15. The van der Waals surface area contributed by atoms with Crippen LogP contribution in [0.4, 0.5) is 0 Å². The van der Waals surface area contributed by atoms with Gasteiger partial charge in [0.25, 0.3) is 0 Å². The third-order valence-electron chi connectivity index (χ3n) is 9.08. The molecule has 8 aromatic carbocycles. The molecule has 0 aliphatic rings. The third kappa shape index (κ3) is 4.09. The average molecular weight is 573 g/mol. The molecule has 0 unspecified atom stereocenters. The highest BCUT2D eigenvalue weighted by Crippen LogP contribution is 2.47. The fourth-order valence-corrected chi connectivity index (χ4v) is 7.15. The van der Waals surface area contributed by atoms with Gasteiger partial charge in [-0.15, -0.1) is 0 Å². The van der Waals surface area contributed by atoms with Gasteiger partial charge in [-0.1, -0.05) is 152 Å². The second-order valence-electron chi connectivity index (χ2n) is 11.6. The van der Waals surface area contributed by atoms with Crippen LogP contribution >= 0.6 is 0 Å². The Bertz CT molecular complexity index is 2480. The quantitative estimate of drug-likeness (QED) is 0.191. The molecule has 0 saturated carbocycles. The largest absolute Gasteiger partial charge is 0.456 e. The maximum Gasteiger partial charge on any atom is 0.136 e. The lowest BCUT2D eigenvalue weighted by molar-refractivity contribution is 0.669. The Morgan fingerprint density at radius 2 is 0.778 bits per heavy atom. The van der Waals surface area contributed by atoms with Crippen molar-refractivity contribution >= 4 is 43.5 Å². The second-order valence-corrected chi connectivity index (χ2v) is 11.6. The van der Waals surface area contributed by atoms with Crippen molar-refractivity contribution in [2.75, 3.05) is 0 Å². The van der Waals surface area contributed by atoms with Crippen LogP contribution < -0.4 is 0 Å². The van der Waals surface area contributed by atoms with Gasteiger partial charge in [-0.25, -0.2) is 0 Å². The normalized spacial score (nSPS) is 11.6. The van der Waals surface area contributed by atoms with Crippen LogP contribution in [0.25, 0.3) is 88.0 Å². The maximum absolute atomic E-state index is 6.31. The molecule has 0 N–H and O–H groups in total. The first kappa shape index (κ1) is 25.6. The number of rotatable bonds is 4. The predicted octanol–water partition coefficient (Wildman–Crippen LogP) is 12.6. The Morgan fingerprint density at radius 3 is 1.51 bits per heavy atom. The minimum Gasteiger partial charge on any atom is -0.456 e. The molecule has 0 atom stereocenters. The van der Waals surface area contributed by atoms with Crippen molar-refractivity contribution in [1.82, 2.24) is 0 Å². The first-order chi connectivity index (χ1) is 22.3. The molecule has 9 rings (SSSR count). The SMILES string of the molecule is c1ccc(-c2cccc(-c3c4ccccc4c(-c4ccccc4-c4cccc5oc6ccccc6c45)c4ccccc34)c2)cc1. The summed E-state index contributed by atoms with van der Waals surface area (Å²) in [7, 11) is 0. The zero-order valence-corrected chi connectivity index (χ0v) is 24.6. The van der Waals surface area contributed by atoms with Crippen molar-refractivity contribution in [2.24, 2.45) is 0 Å². The molecular formula is C44H28O. The van der Waals surface area contributed by atoms with E-state index in [1.165, 1.54) is 66.1 Å². The smallest absolute Gasteiger partial charge is 0.136 e. The minimum absolute atomic E-state index is 0.909. The summed E-state index contributed by atoms with van der Waals surface area (Å²) in [5.74, 6) is 0. The van der Waals surface area contributed by atoms with Gasteiger partial charge >= 0.3 is 0 Å². The molecule has 45 heavy (non-hydrogen) atoms. The van der Waals surface area contributed by atoms with Crippen molar-refractivity contribution in [3.63, 3.8) is 0 Å². The van der Waals surface area contributed by atoms with E-state index in [4.69, 9.17) is 4.42 Å². The number of furan rings is 1. The Labute approximate surface area is 261 Å². The van der Waals surface area contributed by atoms with E-state index in [1.807, 2.05) is 6.07 Å². The predicted molar refractivity (Wildman–Crippen MR) is 190 cm³/mol. The zero-order chi connectivity index (χ0) is 29.7. The van der Waals surface area contributed by atoms with Gasteiger partial charge in [0.05, 0.1) is 0 Å². The average Bonchev–Trinajstić information content (AvgIpc) is 3.50. The number of hydrogen-bond donors (Lipinski definition) is 0. The molecule has 0 amide bonds. The first-order valence-electron chi connectivity index (χ1n) is 15.4. The van der Waals surface area contributed by atoms with Crippen LogP contribution in [0, 0.1) is 0 Å². The van der Waals surface area contributed by atoms with Crippen LogP contribution in [0.15, 0.2) is 174 Å². The van der Waals surface area contributed by atoms with E-state index < -0.39 is 0 Å². The summed E-state index contributed by atoms with van der Waals surface area (Å²) in [6.45, 7) is 0. The second kappa shape index (κ2) is 10.4. The van der Waals surface area contributed by atoms with Crippen LogP contribution in [0.1, 0.15) is 0 Å². The summed E-state index contributed by atoms with van der Waals surface area (Å²) < 4.78 is 6.31. The minimum atomic E-state index is 0.909. The molecule has 0 spiro atoms. The van der Waals surface area contributed by atoms with E-state index in [9.17, 15) is 0 Å². The van der Waals surface area contributed by atoms with Crippen molar-refractivity contribution in [3.05, 3.63) is 170 Å². The van der Waals surface area contributed by atoms with Gasteiger partial charge in [-0.3, -0.25) is 0 Å². The molecule has 0 aliphatic heterocycles. The topological polar surface area (TPSA) is 13.1 Å². The molecule has 1 aromatic heterocycles. The zero-order valence-electron chi connectivity index (χ0n) is 24.6. The Morgan fingerprint density at radius 1 is 0.289 bits per heavy atom. The standard InChI is InChI=1S/C44H28O/c1-2-14-29(15-3-1)30-16-12-17-31(28-30)42-35-20-6-8-22-37(35)43(38-23-9-7-21-36(38)42)33-19-5-4-18-32(33)34-25-13-27-41-44(34)39-24-10-11-26-40(39)45-41/h1-28H. The summed E-state index contributed by atoms with van der Waals surface area (Å²) in [5, 5.41) is 7.28. The van der Waals surface area contributed by atoms with Gasteiger partial charge in [-0.05, 0) is 84.3 Å². The Balaban J connectivity index is 1.36. The van der Waals surface area contributed by atoms with E-state index in [2.05, 4.69) is 164 Å². The van der Waals surface area contributed by atoms with Crippen molar-refractivity contribution < 1.29 is 4.42 Å². The van der Waals surface area contributed by atoms with E-state index in [1.54, 1.807) is 0 Å². The fraction of sp³-hybridized carbons (Fsp3) is 0. The lowest BCUT2D eigenvalue weighted by atomic mass is 9.83. The van der Waals surface area contributed by atoms with E-state index in [0.29, 0.717) is 0 Å². The van der Waals surface area contributed by atoms with Gasteiger partial charge in [0.2, 0.25) is 0 Å². The van der Waals surface area contributed by atoms with Gasteiger partial charge in [0.1, 0.15) is 11.2 Å². The summed E-state index contributed by atoms with van der Waals surface area (Å²) >= 11 is 0. The summed E-state index contributed by atoms with van der Waals surface area (Å²) in [4.78, 5) is 0. The molecule has 0 fully saturated rings. The third-order valence-corrected chi connectivity index (χ3v) is 9.08. The number of fused-ring (bicyclic) bond motifs is 5. The van der Waals surface area contributed by atoms with Gasteiger partial charge in [0.15, 0.2) is 0 Å². The lowest BCUT2D eigenvalue weighted by Crippen LogP contribution is -1.93. The molecule has 1 nitrogen and oxygen atoms in total. The molecule has 9 aromatic rings. The van der Waals surface area contributed by atoms with E-state index >= 15 is 0 Å². The van der Waals surface area contributed by atoms with Crippen LogP contribution in [-0.4, -0.2) is 0 Å². The number of hydrogen-bond acceptors (Lipinski definition) is 1. The molecule has 0 aliphatic carbocycles. The lowest BCUT2D eigenvalue weighted by Gasteiger charge is -2.20. The Hall–Kier alpha value is -5.92. The number of benzene rings is 8. The first-order valence-corrected chi connectivity index (χ1v) is 15.4. The van der Waals surface area contributed by atoms with Gasteiger partial charge < -0.3 is 4.42 Å². The summed E-state index contributed by atoms with van der Waals surface area (Å²) in [6.07, 6.45) is 0. The van der Waals surface area contributed by atoms with E-state index in [0.717, 1.165) is 21.9 Å². The number of para-hydroxylation sites is 1. The van der Waals surface area contributed by atoms with Crippen LogP contribution in [0.3, 0.4) is 0 Å².